The zero-order valence-electron chi connectivity index (χ0n) is 12.4. The minimum atomic E-state index is -0.232. The van der Waals surface area contributed by atoms with Gasteiger partial charge in [-0.05, 0) is 61.3 Å². The van der Waals surface area contributed by atoms with Gasteiger partial charge in [0, 0.05) is 18.8 Å². The highest BCUT2D eigenvalue weighted by Gasteiger charge is 2.49. The van der Waals surface area contributed by atoms with E-state index in [-0.39, 0.29) is 5.97 Å². The van der Waals surface area contributed by atoms with Crippen molar-refractivity contribution in [3.63, 3.8) is 0 Å². The Morgan fingerprint density at radius 1 is 1.14 bits per heavy atom. The Kier molecular flexibility index (Phi) is 3.02. The number of fused-ring (bicyclic) bond motifs is 5. The van der Waals surface area contributed by atoms with E-state index in [1.807, 2.05) is 19.1 Å². The van der Waals surface area contributed by atoms with Crippen LogP contribution in [0.4, 0.5) is 5.69 Å². The fourth-order valence-electron chi connectivity index (χ4n) is 4.39. The summed E-state index contributed by atoms with van der Waals surface area (Å²) in [7, 11) is 0. The van der Waals surface area contributed by atoms with E-state index in [1.54, 1.807) is 0 Å². The van der Waals surface area contributed by atoms with Crippen LogP contribution < -0.4 is 4.90 Å². The van der Waals surface area contributed by atoms with Crippen LogP contribution in [-0.4, -0.2) is 25.7 Å². The van der Waals surface area contributed by atoms with Crippen molar-refractivity contribution in [1.82, 2.24) is 0 Å². The summed E-state index contributed by atoms with van der Waals surface area (Å²) in [6.07, 6.45) is 6.24. The number of esters is 1. The first-order valence-electron chi connectivity index (χ1n) is 7.96. The van der Waals surface area contributed by atoms with Gasteiger partial charge in [0.2, 0.25) is 0 Å². The van der Waals surface area contributed by atoms with Gasteiger partial charge in [-0.25, -0.2) is 4.79 Å². The van der Waals surface area contributed by atoms with Crippen molar-refractivity contribution in [1.29, 1.82) is 0 Å². The van der Waals surface area contributed by atoms with E-state index in [0.717, 1.165) is 36.8 Å². The van der Waals surface area contributed by atoms with Crippen LogP contribution in [0.2, 0.25) is 0 Å². The minimum absolute atomic E-state index is 0.232. The summed E-state index contributed by atoms with van der Waals surface area (Å²) in [5.74, 6) is 3.06. The van der Waals surface area contributed by atoms with Gasteiger partial charge in [-0.2, -0.15) is 0 Å². The maximum absolute atomic E-state index is 11.7. The van der Waals surface area contributed by atoms with Crippen LogP contribution in [0, 0.1) is 23.7 Å². The third-order valence-electron chi connectivity index (χ3n) is 5.41. The molecule has 2 aliphatic carbocycles. The van der Waals surface area contributed by atoms with Crippen molar-refractivity contribution in [2.24, 2.45) is 23.7 Å². The van der Waals surface area contributed by atoms with Crippen LogP contribution in [0.25, 0.3) is 0 Å². The zero-order chi connectivity index (χ0) is 14.4. The highest BCUT2D eigenvalue weighted by molar-refractivity contribution is 5.89. The third-order valence-corrected chi connectivity index (χ3v) is 5.41. The highest BCUT2D eigenvalue weighted by Crippen LogP contribution is 2.51. The Morgan fingerprint density at radius 3 is 2.33 bits per heavy atom. The Bertz CT molecular complexity index is 557. The Morgan fingerprint density at radius 2 is 1.76 bits per heavy atom. The van der Waals surface area contributed by atoms with Gasteiger partial charge in [0.1, 0.15) is 0 Å². The molecule has 21 heavy (non-hydrogen) atoms. The number of allylic oxidation sites excluding steroid dienone is 2. The second kappa shape index (κ2) is 4.90. The zero-order valence-corrected chi connectivity index (χ0v) is 12.4. The summed E-state index contributed by atoms with van der Waals surface area (Å²) < 4.78 is 5.03. The molecule has 4 atom stereocenters. The lowest BCUT2D eigenvalue weighted by Crippen LogP contribution is -2.22. The Labute approximate surface area is 125 Å². The summed E-state index contributed by atoms with van der Waals surface area (Å²) in [4.78, 5) is 14.2. The standard InChI is InChI=1S/C18H21NO2/c1-2-21-18(20)12-5-7-15(8-6-12)19-10-16-13-3-4-14(9-13)17(16)11-19/h3-8,13-14,16-17H,2,9-11H2,1H3/t13-,14+,16-,17+. The fourth-order valence-corrected chi connectivity index (χ4v) is 4.39. The first-order chi connectivity index (χ1) is 10.3. The van der Waals surface area contributed by atoms with Gasteiger partial charge >= 0.3 is 5.97 Å². The number of nitrogens with zero attached hydrogens (tertiary/aromatic N) is 1. The first-order valence-corrected chi connectivity index (χ1v) is 7.96. The molecule has 4 rings (SSSR count). The first kappa shape index (κ1) is 12.9. The molecule has 3 aliphatic rings. The SMILES string of the molecule is CCOC(=O)c1ccc(N2C[C@@H]3[C@H](C2)[C@@H]2C=C[C@H]3C2)cc1. The van der Waals surface area contributed by atoms with Gasteiger partial charge in [0.25, 0.3) is 0 Å². The summed E-state index contributed by atoms with van der Waals surface area (Å²) >= 11 is 0. The van der Waals surface area contributed by atoms with Crippen molar-refractivity contribution in [3.05, 3.63) is 42.0 Å². The van der Waals surface area contributed by atoms with Crippen LogP contribution >= 0.6 is 0 Å². The summed E-state index contributed by atoms with van der Waals surface area (Å²) in [5.41, 5.74) is 1.87. The van der Waals surface area contributed by atoms with Crippen molar-refractivity contribution in [2.75, 3.05) is 24.6 Å². The van der Waals surface area contributed by atoms with Gasteiger partial charge in [-0.15, -0.1) is 0 Å². The van der Waals surface area contributed by atoms with E-state index in [4.69, 9.17) is 4.74 Å². The van der Waals surface area contributed by atoms with E-state index in [0.29, 0.717) is 12.2 Å². The van der Waals surface area contributed by atoms with E-state index in [9.17, 15) is 4.79 Å². The predicted octanol–water partition coefficient (Wildman–Crippen LogP) is 3.12. The number of anilines is 1. The van der Waals surface area contributed by atoms with Crippen LogP contribution in [0.1, 0.15) is 23.7 Å². The number of hydrogen-bond donors (Lipinski definition) is 0. The molecule has 1 aromatic rings. The predicted molar refractivity (Wildman–Crippen MR) is 82.3 cm³/mol. The van der Waals surface area contributed by atoms with Crippen molar-refractivity contribution < 1.29 is 9.53 Å². The quantitative estimate of drug-likeness (QED) is 0.630. The molecular weight excluding hydrogens is 262 g/mol. The lowest BCUT2D eigenvalue weighted by molar-refractivity contribution is 0.0526. The molecule has 0 amide bonds. The third kappa shape index (κ3) is 2.06. The number of carbonyl (C=O) groups is 1. The molecule has 1 aromatic carbocycles. The molecule has 110 valence electrons. The molecule has 3 nitrogen and oxygen atoms in total. The molecule has 1 aliphatic heterocycles. The lowest BCUT2D eigenvalue weighted by Gasteiger charge is -2.21. The molecule has 1 heterocycles. The summed E-state index contributed by atoms with van der Waals surface area (Å²) in [5, 5.41) is 0. The number of benzene rings is 1. The maximum Gasteiger partial charge on any atom is 0.338 e. The second-order valence-electron chi connectivity index (χ2n) is 6.45. The minimum Gasteiger partial charge on any atom is -0.462 e. The monoisotopic (exact) mass is 283 g/mol. The van der Waals surface area contributed by atoms with E-state index >= 15 is 0 Å². The van der Waals surface area contributed by atoms with Crippen molar-refractivity contribution in [3.8, 4) is 0 Å². The molecule has 0 aromatic heterocycles. The van der Waals surface area contributed by atoms with Crippen molar-refractivity contribution >= 4 is 11.7 Å². The van der Waals surface area contributed by atoms with Gasteiger partial charge < -0.3 is 9.64 Å². The highest BCUT2D eigenvalue weighted by atomic mass is 16.5. The molecule has 0 unspecified atom stereocenters. The van der Waals surface area contributed by atoms with Crippen LogP contribution in [0.5, 0.6) is 0 Å². The fraction of sp³-hybridized carbons (Fsp3) is 0.500. The number of ether oxygens (including phenoxy) is 1. The Balaban J connectivity index is 1.47. The molecule has 2 bridgehead atoms. The maximum atomic E-state index is 11.7. The number of rotatable bonds is 3. The van der Waals surface area contributed by atoms with Gasteiger partial charge in [-0.1, -0.05) is 12.2 Å². The normalized spacial score (nSPS) is 32.5. The molecule has 0 radical (unpaired) electrons. The van der Waals surface area contributed by atoms with Crippen LogP contribution in [0.3, 0.4) is 0 Å². The van der Waals surface area contributed by atoms with E-state index in [2.05, 4.69) is 29.2 Å². The molecule has 1 saturated heterocycles. The largest absolute Gasteiger partial charge is 0.462 e. The van der Waals surface area contributed by atoms with E-state index < -0.39 is 0 Å². The molecule has 0 spiro atoms. The smallest absolute Gasteiger partial charge is 0.338 e. The van der Waals surface area contributed by atoms with Crippen LogP contribution in [-0.2, 0) is 4.74 Å². The second-order valence-corrected chi connectivity index (χ2v) is 6.45. The summed E-state index contributed by atoms with van der Waals surface area (Å²) in [6.45, 7) is 4.58. The average Bonchev–Trinajstić information content (AvgIpc) is 3.20. The molecule has 3 heteroatoms. The van der Waals surface area contributed by atoms with Crippen LogP contribution in [0.15, 0.2) is 36.4 Å². The molecule has 2 fully saturated rings. The average molecular weight is 283 g/mol. The van der Waals surface area contributed by atoms with Crippen molar-refractivity contribution in [2.45, 2.75) is 13.3 Å². The lowest BCUT2D eigenvalue weighted by atomic mass is 9.86. The van der Waals surface area contributed by atoms with E-state index in [1.165, 1.54) is 12.1 Å². The number of hydrogen-bond acceptors (Lipinski definition) is 3. The Hall–Kier alpha value is -1.77. The topological polar surface area (TPSA) is 29.5 Å². The van der Waals surface area contributed by atoms with Gasteiger partial charge in [0.05, 0.1) is 12.2 Å². The summed E-state index contributed by atoms with van der Waals surface area (Å²) in [6, 6.07) is 7.88. The molecule has 1 saturated carbocycles. The molecule has 0 N–H and O–H groups in total. The van der Waals surface area contributed by atoms with Gasteiger partial charge in [0.15, 0.2) is 0 Å². The molecular formula is C18H21NO2. The van der Waals surface area contributed by atoms with Gasteiger partial charge in [-0.3, -0.25) is 0 Å². The number of carbonyl (C=O) groups excluding carboxylic acids is 1.